The number of hydrogen-bond acceptors (Lipinski definition) is 4. The standard InChI is InChI=1S/C14H14BrNO3S/c1-20(17,18)13-6-4-11(5-7-13)19-12-3-2-10(9-16)14(15)8-12/h2-8H,9,16H2,1H3. The summed E-state index contributed by atoms with van der Waals surface area (Å²) < 4.78 is 29.3. The van der Waals surface area contributed by atoms with E-state index in [9.17, 15) is 8.42 Å². The van der Waals surface area contributed by atoms with Crippen LogP contribution in [0.1, 0.15) is 5.56 Å². The van der Waals surface area contributed by atoms with E-state index in [1.54, 1.807) is 12.1 Å². The average molecular weight is 356 g/mol. The first kappa shape index (κ1) is 15.0. The van der Waals surface area contributed by atoms with Gasteiger partial charge in [0, 0.05) is 17.3 Å². The van der Waals surface area contributed by atoms with Crippen LogP contribution in [0.4, 0.5) is 0 Å². The van der Waals surface area contributed by atoms with Gasteiger partial charge in [0.15, 0.2) is 9.84 Å². The van der Waals surface area contributed by atoms with Crippen LogP contribution in [0.3, 0.4) is 0 Å². The zero-order chi connectivity index (χ0) is 14.8. The number of benzene rings is 2. The van der Waals surface area contributed by atoms with Crippen molar-refractivity contribution in [2.45, 2.75) is 11.4 Å². The highest BCUT2D eigenvalue weighted by Gasteiger charge is 2.07. The van der Waals surface area contributed by atoms with E-state index in [2.05, 4.69) is 15.9 Å². The maximum atomic E-state index is 11.4. The van der Waals surface area contributed by atoms with E-state index in [4.69, 9.17) is 10.5 Å². The monoisotopic (exact) mass is 355 g/mol. The normalized spacial score (nSPS) is 11.3. The number of hydrogen-bond donors (Lipinski definition) is 1. The Kier molecular flexibility index (Phi) is 4.47. The first-order valence-corrected chi connectivity index (χ1v) is 8.55. The first-order chi connectivity index (χ1) is 9.40. The molecular weight excluding hydrogens is 342 g/mol. The van der Waals surface area contributed by atoms with Crippen LogP contribution in [0.15, 0.2) is 51.8 Å². The van der Waals surface area contributed by atoms with Gasteiger partial charge in [-0.3, -0.25) is 0 Å². The molecule has 0 aliphatic carbocycles. The van der Waals surface area contributed by atoms with Gasteiger partial charge in [-0.15, -0.1) is 0 Å². The van der Waals surface area contributed by atoms with Crippen molar-refractivity contribution in [3.05, 3.63) is 52.5 Å². The van der Waals surface area contributed by atoms with Crippen LogP contribution >= 0.6 is 15.9 Å². The Balaban J connectivity index is 2.20. The number of nitrogens with two attached hydrogens (primary N) is 1. The molecule has 2 rings (SSSR count). The van der Waals surface area contributed by atoms with Crippen molar-refractivity contribution in [1.82, 2.24) is 0 Å². The molecule has 0 heterocycles. The second-order valence-electron chi connectivity index (χ2n) is 4.30. The third-order valence-electron chi connectivity index (χ3n) is 2.73. The van der Waals surface area contributed by atoms with Crippen LogP contribution in [0.2, 0.25) is 0 Å². The van der Waals surface area contributed by atoms with Crippen molar-refractivity contribution in [3.63, 3.8) is 0 Å². The van der Waals surface area contributed by atoms with Crippen molar-refractivity contribution >= 4 is 25.8 Å². The summed E-state index contributed by atoms with van der Waals surface area (Å²) in [4.78, 5) is 0.268. The topological polar surface area (TPSA) is 69.4 Å². The van der Waals surface area contributed by atoms with Gasteiger partial charge in [-0.25, -0.2) is 8.42 Å². The van der Waals surface area contributed by atoms with E-state index >= 15 is 0 Å². The largest absolute Gasteiger partial charge is 0.457 e. The van der Waals surface area contributed by atoms with Crippen LogP contribution in [-0.2, 0) is 16.4 Å². The molecule has 6 heteroatoms. The van der Waals surface area contributed by atoms with Crippen LogP contribution in [-0.4, -0.2) is 14.7 Å². The van der Waals surface area contributed by atoms with Crippen molar-refractivity contribution in [2.24, 2.45) is 5.73 Å². The third-order valence-corrected chi connectivity index (χ3v) is 4.60. The van der Waals surface area contributed by atoms with Crippen LogP contribution < -0.4 is 10.5 Å². The lowest BCUT2D eigenvalue weighted by atomic mass is 10.2. The van der Waals surface area contributed by atoms with Crippen LogP contribution in [0.25, 0.3) is 0 Å². The van der Waals surface area contributed by atoms with Crippen molar-refractivity contribution in [3.8, 4) is 11.5 Å². The molecule has 0 saturated carbocycles. The summed E-state index contributed by atoms with van der Waals surface area (Å²) in [5.41, 5.74) is 6.57. The highest BCUT2D eigenvalue weighted by molar-refractivity contribution is 9.10. The second kappa shape index (κ2) is 5.95. The van der Waals surface area contributed by atoms with Crippen LogP contribution in [0.5, 0.6) is 11.5 Å². The molecule has 2 aromatic rings. The van der Waals surface area contributed by atoms with Crippen molar-refractivity contribution < 1.29 is 13.2 Å². The Morgan fingerprint density at radius 3 is 2.20 bits per heavy atom. The molecule has 2 N–H and O–H groups in total. The van der Waals surface area contributed by atoms with Gasteiger partial charge in [-0.1, -0.05) is 22.0 Å². The van der Waals surface area contributed by atoms with Gasteiger partial charge in [-0.05, 0) is 42.0 Å². The fourth-order valence-corrected chi connectivity index (χ4v) is 2.80. The molecule has 0 spiro atoms. The maximum absolute atomic E-state index is 11.4. The lowest BCUT2D eigenvalue weighted by Crippen LogP contribution is -1.98. The van der Waals surface area contributed by atoms with Gasteiger partial charge in [0.1, 0.15) is 11.5 Å². The highest BCUT2D eigenvalue weighted by Crippen LogP contribution is 2.27. The third kappa shape index (κ3) is 3.59. The molecule has 0 aliphatic heterocycles. The first-order valence-electron chi connectivity index (χ1n) is 5.86. The van der Waals surface area contributed by atoms with Crippen LogP contribution in [0, 0.1) is 0 Å². The quantitative estimate of drug-likeness (QED) is 0.914. The summed E-state index contributed by atoms with van der Waals surface area (Å²) >= 11 is 3.42. The number of halogens is 1. The second-order valence-corrected chi connectivity index (χ2v) is 7.17. The minimum absolute atomic E-state index is 0.268. The number of ether oxygens (including phenoxy) is 1. The van der Waals surface area contributed by atoms with E-state index in [1.165, 1.54) is 18.4 Å². The minimum Gasteiger partial charge on any atom is -0.457 e. The molecule has 0 unspecified atom stereocenters. The number of rotatable bonds is 4. The highest BCUT2D eigenvalue weighted by atomic mass is 79.9. The zero-order valence-electron chi connectivity index (χ0n) is 10.8. The Hall–Kier alpha value is -1.37. The number of sulfone groups is 1. The molecule has 0 aromatic heterocycles. The molecule has 0 saturated heterocycles. The predicted octanol–water partition coefficient (Wildman–Crippen LogP) is 3.10. The molecule has 106 valence electrons. The zero-order valence-corrected chi connectivity index (χ0v) is 13.2. The molecule has 20 heavy (non-hydrogen) atoms. The van der Waals surface area contributed by atoms with Gasteiger partial charge in [-0.2, -0.15) is 0 Å². The van der Waals surface area contributed by atoms with Gasteiger partial charge in [0.2, 0.25) is 0 Å². The molecule has 4 nitrogen and oxygen atoms in total. The molecule has 2 aromatic carbocycles. The molecular formula is C14H14BrNO3S. The van der Waals surface area contributed by atoms with Gasteiger partial charge in [0.05, 0.1) is 4.90 Å². The molecule has 0 aliphatic rings. The van der Waals surface area contributed by atoms with E-state index in [0.29, 0.717) is 18.0 Å². The fraction of sp³-hybridized carbons (Fsp3) is 0.143. The smallest absolute Gasteiger partial charge is 0.175 e. The molecule has 0 fully saturated rings. The Morgan fingerprint density at radius 1 is 1.10 bits per heavy atom. The summed E-state index contributed by atoms with van der Waals surface area (Å²) in [5, 5.41) is 0. The molecule has 0 bridgehead atoms. The summed E-state index contributed by atoms with van der Waals surface area (Å²) in [6.45, 7) is 0.448. The predicted molar refractivity (Wildman–Crippen MR) is 81.7 cm³/mol. The van der Waals surface area contributed by atoms with Crippen molar-refractivity contribution in [1.29, 1.82) is 0 Å². The summed E-state index contributed by atoms with van der Waals surface area (Å²) in [6, 6.07) is 11.8. The fourth-order valence-electron chi connectivity index (χ4n) is 1.65. The van der Waals surface area contributed by atoms with Gasteiger partial charge in [0.25, 0.3) is 0 Å². The Bertz CT molecular complexity index is 712. The SMILES string of the molecule is CS(=O)(=O)c1ccc(Oc2ccc(CN)c(Br)c2)cc1. The minimum atomic E-state index is -3.19. The van der Waals surface area contributed by atoms with Gasteiger partial charge >= 0.3 is 0 Å². The van der Waals surface area contributed by atoms with Crippen molar-refractivity contribution in [2.75, 3.05) is 6.26 Å². The lowest BCUT2D eigenvalue weighted by molar-refractivity contribution is 0.481. The van der Waals surface area contributed by atoms with E-state index < -0.39 is 9.84 Å². The van der Waals surface area contributed by atoms with Gasteiger partial charge < -0.3 is 10.5 Å². The molecule has 0 amide bonds. The van der Waals surface area contributed by atoms with E-state index in [-0.39, 0.29) is 4.90 Å². The summed E-state index contributed by atoms with van der Waals surface area (Å²) in [5.74, 6) is 1.23. The average Bonchev–Trinajstić information content (AvgIpc) is 2.38. The molecule has 0 atom stereocenters. The van der Waals surface area contributed by atoms with E-state index in [1.807, 2.05) is 18.2 Å². The van der Waals surface area contributed by atoms with E-state index in [0.717, 1.165) is 10.0 Å². The lowest BCUT2D eigenvalue weighted by Gasteiger charge is -2.08. The molecule has 0 radical (unpaired) electrons. The Morgan fingerprint density at radius 2 is 1.70 bits per heavy atom. The maximum Gasteiger partial charge on any atom is 0.175 e. The summed E-state index contributed by atoms with van der Waals surface area (Å²) in [6.07, 6.45) is 1.17. The summed E-state index contributed by atoms with van der Waals surface area (Å²) in [7, 11) is -3.19. The Labute approximate surface area is 126 Å².